The molecule has 1 atom stereocenters. The van der Waals surface area contributed by atoms with Crippen LogP contribution in [0.3, 0.4) is 0 Å². The lowest BCUT2D eigenvalue weighted by molar-refractivity contribution is -0.139. The molecule has 1 unspecified atom stereocenters. The van der Waals surface area contributed by atoms with E-state index in [0.29, 0.717) is 11.3 Å². The molecule has 0 radical (unpaired) electrons. The Morgan fingerprint density at radius 2 is 2.24 bits per heavy atom. The summed E-state index contributed by atoms with van der Waals surface area (Å²) in [6, 6.07) is 1.91. The van der Waals surface area contributed by atoms with Crippen molar-refractivity contribution < 1.29 is 24.5 Å². The Bertz CT molecular complexity index is 497. The first kappa shape index (κ1) is 11.3. The number of carbonyl (C=O) groups excluding carboxylic acids is 1. The predicted octanol–water partition coefficient (Wildman–Crippen LogP) is 0.140. The number of aromatic hydroxyl groups is 1. The maximum Gasteiger partial charge on any atom is 0.326 e. The minimum Gasteiger partial charge on any atom is -0.507 e. The van der Waals surface area contributed by atoms with Gasteiger partial charge in [-0.15, -0.1) is 0 Å². The summed E-state index contributed by atoms with van der Waals surface area (Å²) in [6.45, 7) is 0. The second-order valence-electron chi connectivity index (χ2n) is 3.75. The van der Waals surface area contributed by atoms with Crippen molar-refractivity contribution in [3.05, 3.63) is 23.3 Å². The highest BCUT2D eigenvalue weighted by Crippen LogP contribution is 2.30. The van der Waals surface area contributed by atoms with Gasteiger partial charge in [0.1, 0.15) is 17.5 Å². The molecule has 0 spiro atoms. The molecule has 90 valence electrons. The maximum atomic E-state index is 11.6. The number of phenolic OH excluding ortho intramolecular Hbond substituents is 1. The van der Waals surface area contributed by atoms with Crippen LogP contribution in [0.25, 0.3) is 0 Å². The average Bonchev–Trinajstić information content (AvgIpc) is 2.27. The monoisotopic (exact) mass is 237 g/mol. The minimum atomic E-state index is -1.11. The molecule has 1 aromatic rings. The molecule has 0 fully saturated rings. The van der Waals surface area contributed by atoms with Gasteiger partial charge in [-0.1, -0.05) is 0 Å². The molecule has 0 saturated heterocycles. The van der Waals surface area contributed by atoms with Gasteiger partial charge in [-0.25, -0.2) is 4.79 Å². The van der Waals surface area contributed by atoms with Gasteiger partial charge in [-0.3, -0.25) is 4.79 Å². The normalized spacial score (nSPS) is 18.2. The number of aliphatic carboxylic acids is 1. The smallest absolute Gasteiger partial charge is 0.326 e. The van der Waals surface area contributed by atoms with E-state index >= 15 is 0 Å². The van der Waals surface area contributed by atoms with Gasteiger partial charge in [0.05, 0.1) is 12.7 Å². The van der Waals surface area contributed by atoms with E-state index in [1.165, 1.54) is 13.2 Å². The SMILES string of the molecule is COc1cc(O)c2c(c1)CC(C(=O)O)NC2=O. The third-order valence-corrected chi connectivity index (χ3v) is 2.66. The molecule has 17 heavy (non-hydrogen) atoms. The third kappa shape index (κ3) is 1.89. The Morgan fingerprint density at radius 1 is 1.53 bits per heavy atom. The van der Waals surface area contributed by atoms with Crippen molar-refractivity contribution in [3.63, 3.8) is 0 Å². The quantitative estimate of drug-likeness (QED) is 0.680. The van der Waals surface area contributed by atoms with Crippen LogP contribution in [0.15, 0.2) is 12.1 Å². The lowest BCUT2D eigenvalue weighted by Gasteiger charge is -2.23. The maximum absolute atomic E-state index is 11.6. The van der Waals surface area contributed by atoms with Gasteiger partial charge in [-0.2, -0.15) is 0 Å². The Hall–Kier alpha value is -2.24. The predicted molar refractivity (Wildman–Crippen MR) is 57.3 cm³/mol. The van der Waals surface area contributed by atoms with Crippen LogP contribution >= 0.6 is 0 Å². The highest BCUT2D eigenvalue weighted by Gasteiger charge is 2.31. The van der Waals surface area contributed by atoms with Gasteiger partial charge >= 0.3 is 5.97 Å². The number of hydrogen-bond donors (Lipinski definition) is 3. The van der Waals surface area contributed by atoms with E-state index < -0.39 is 17.9 Å². The number of carbonyl (C=O) groups is 2. The molecule has 1 aliphatic heterocycles. The van der Waals surface area contributed by atoms with E-state index in [2.05, 4.69) is 5.32 Å². The Balaban J connectivity index is 2.49. The van der Waals surface area contributed by atoms with Crippen molar-refractivity contribution in [1.82, 2.24) is 5.32 Å². The number of fused-ring (bicyclic) bond motifs is 1. The van der Waals surface area contributed by atoms with E-state index in [-0.39, 0.29) is 17.7 Å². The number of hydrogen-bond acceptors (Lipinski definition) is 4. The van der Waals surface area contributed by atoms with Crippen molar-refractivity contribution in [2.75, 3.05) is 7.11 Å². The minimum absolute atomic E-state index is 0.114. The zero-order valence-electron chi connectivity index (χ0n) is 9.06. The number of nitrogens with one attached hydrogen (secondary N) is 1. The second kappa shape index (κ2) is 3.97. The van der Waals surface area contributed by atoms with Crippen LogP contribution < -0.4 is 10.1 Å². The summed E-state index contributed by atoms with van der Waals surface area (Å²) in [5.41, 5.74) is 0.585. The standard InChI is InChI=1S/C11H11NO5/c1-17-6-2-5-3-7(11(15)16)12-10(14)9(5)8(13)4-6/h2,4,7,13H,3H2,1H3,(H,12,14)(H,15,16). The molecule has 0 saturated carbocycles. The van der Waals surface area contributed by atoms with E-state index in [9.17, 15) is 14.7 Å². The van der Waals surface area contributed by atoms with Crippen LogP contribution in [-0.2, 0) is 11.2 Å². The molecular formula is C11H11NO5. The van der Waals surface area contributed by atoms with E-state index in [1.807, 2.05) is 0 Å². The number of ether oxygens (including phenoxy) is 1. The fraction of sp³-hybridized carbons (Fsp3) is 0.273. The number of amides is 1. The van der Waals surface area contributed by atoms with Crippen LogP contribution in [-0.4, -0.2) is 35.2 Å². The largest absolute Gasteiger partial charge is 0.507 e. The molecule has 0 bridgehead atoms. The zero-order valence-corrected chi connectivity index (χ0v) is 9.06. The summed E-state index contributed by atoms with van der Waals surface area (Å²) in [4.78, 5) is 22.5. The highest BCUT2D eigenvalue weighted by molar-refractivity contribution is 6.02. The van der Waals surface area contributed by atoms with Crippen molar-refractivity contribution in [2.45, 2.75) is 12.5 Å². The molecule has 6 heteroatoms. The molecular weight excluding hydrogens is 226 g/mol. The van der Waals surface area contributed by atoms with E-state index in [1.54, 1.807) is 6.07 Å². The highest BCUT2D eigenvalue weighted by atomic mass is 16.5. The number of carboxylic acids is 1. The summed E-state index contributed by atoms with van der Waals surface area (Å²) in [5, 5.41) is 20.9. The van der Waals surface area contributed by atoms with Crippen LogP contribution in [0.5, 0.6) is 11.5 Å². The summed E-state index contributed by atoms with van der Waals surface area (Å²) >= 11 is 0. The molecule has 1 heterocycles. The van der Waals surface area contributed by atoms with Crippen molar-refractivity contribution in [1.29, 1.82) is 0 Å². The van der Waals surface area contributed by atoms with Crippen molar-refractivity contribution >= 4 is 11.9 Å². The summed E-state index contributed by atoms with van der Waals surface area (Å²) in [5.74, 6) is -1.51. The zero-order chi connectivity index (χ0) is 12.6. The Labute approximate surface area is 96.8 Å². The van der Waals surface area contributed by atoms with Gasteiger partial charge in [0, 0.05) is 12.5 Å². The Kier molecular flexibility index (Phi) is 2.63. The molecule has 1 aliphatic rings. The number of benzene rings is 1. The topological polar surface area (TPSA) is 95.9 Å². The average molecular weight is 237 g/mol. The van der Waals surface area contributed by atoms with E-state index in [0.717, 1.165) is 0 Å². The third-order valence-electron chi connectivity index (χ3n) is 2.66. The molecule has 6 nitrogen and oxygen atoms in total. The molecule has 3 N–H and O–H groups in total. The molecule has 0 aliphatic carbocycles. The number of methoxy groups -OCH3 is 1. The molecule has 2 rings (SSSR count). The first-order valence-corrected chi connectivity index (χ1v) is 4.96. The summed E-state index contributed by atoms with van der Waals surface area (Å²) < 4.78 is 4.95. The van der Waals surface area contributed by atoms with Crippen molar-refractivity contribution in [2.24, 2.45) is 0 Å². The van der Waals surface area contributed by atoms with Gasteiger partial charge in [0.2, 0.25) is 0 Å². The molecule has 1 amide bonds. The van der Waals surface area contributed by atoms with Crippen molar-refractivity contribution in [3.8, 4) is 11.5 Å². The Morgan fingerprint density at radius 3 is 2.82 bits per heavy atom. The fourth-order valence-corrected chi connectivity index (χ4v) is 1.85. The van der Waals surface area contributed by atoms with Crippen LogP contribution in [0.1, 0.15) is 15.9 Å². The van der Waals surface area contributed by atoms with Gasteiger partial charge in [0.15, 0.2) is 0 Å². The first-order chi connectivity index (χ1) is 8.02. The number of rotatable bonds is 2. The van der Waals surface area contributed by atoms with Gasteiger partial charge < -0.3 is 20.3 Å². The first-order valence-electron chi connectivity index (χ1n) is 4.96. The number of carboxylic acid groups (broad SMARTS) is 1. The fourth-order valence-electron chi connectivity index (χ4n) is 1.85. The van der Waals surface area contributed by atoms with Gasteiger partial charge in [0.25, 0.3) is 5.91 Å². The van der Waals surface area contributed by atoms with E-state index in [4.69, 9.17) is 9.84 Å². The van der Waals surface area contributed by atoms with Crippen LogP contribution in [0.4, 0.5) is 0 Å². The lowest BCUT2D eigenvalue weighted by Crippen LogP contribution is -2.46. The lowest BCUT2D eigenvalue weighted by atomic mass is 9.94. The number of phenols is 1. The van der Waals surface area contributed by atoms with Crippen LogP contribution in [0, 0.1) is 0 Å². The summed E-state index contributed by atoms with van der Waals surface area (Å²) in [6.07, 6.45) is 0.126. The van der Waals surface area contributed by atoms with Gasteiger partial charge in [-0.05, 0) is 11.6 Å². The van der Waals surface area contributed by atoms with Crippen LogP contribution in [0.2, 0.25) is 0 Å². The summed E-state index contributed by atoms with van der Waals surface area (Å²) in [7, 11) is 1.43. The molecule has 0 aromatic heterocycles. The second-order valence-corrected chi connectivity index (χ2v) is 3.75. The molecule has 1 aromatic carbocycles.